The maximum absolute atomic E-state index is 11.1. The summed E-state index contributed by atoms with van der Waals surface area (Å²) >= 11 is 0. The van der Waals surface area contributed by atoms with Gasteiger partial charge in [-0.3, -0.25) is 4.79 Å². The average molecular weight is 226 g/mol. The molecule has 0 radical (unpaired) electrons. The van der Waals surface area contributed by atoms with Crippen LogP contribution in [-0.4, -0.2) is 36.2 Å². The van der Waals surface area contributed by atoms with Gasteiger partial charge in [0.1, 0.15) is 5.54 Å². The molecule has 0 aromatic rings. The summed E-state index contributed by atoms with van der Waals surface area (Å²) in [5.74, 6) is 0.569. The van der Waals surface area contributed by atoms with Crippen molar-refractivity contribution >= 4 is 5.97 Å². The SMILES string of the molecule is CC1(C(=O)O)CC(CC2CCCNC2)CN1. The van der Waals surface area contributed by atoms with E-state index in [9.17, 15) is 4.79 Å². The van der Waals surface area contributed by atoms with Crippen LogP contribution in [0.15, 0.2) is 0 Å². The summed E-state index contributed by atoms with van der Waals surface area (Å²) in [6, 6.07) is 0. The number of hydrogen-bond donors (Lipinski definition) is 3. The minimum atomic E-state index is -0.711. The third-order valence-corrected chi connectivity index (χ3v) is 4.02. The maximum Gasteiger partial charge on any atom is 0.323 e. The van der Waals surface area contributed by atoms with Gasteiger partial charge in [0.2, 0.25) is 0 Å². The van der Waals surface area contributed by atoms with Crippen molar-refractivity contribution in [3.63, 3.8) is 0 Å². The number of hydrogen-bond acceptors (Lipinski definition) is 3. The van der Waals surface area contributed by atoms with Crippen molar-refractivity contribution in [3.05, 3.63) is 0 Å². The summed E-state index contributed by atoms with van der Waals surface area (Å²) in [7, 11) is 0. The normalized spacial score (nSPS) is 39.8. The first-order valence-corrected chi connectivity index (χ1v) is 6.29. The molecule has 4 heteroatoms. The van der Waals surface area contributed by atoms with Gasteiger partial charge in [0.15, 0.2) is 0 Å². The van der Waals surface area contributed by atoms with E-state index in [1.807, 2.05) is 0 Å². The summed E-state index contributed by atoms with van der Waals surface area (Å²) in [4.78, 5) is 11.1. The van der Waals surface area contributed by atoms with Gasteiger partial charge in [0.05, 0.1) is 0 Å². The highest BCUT2D eigenvalue weighted by atomic mass is 16.4. The van der Waals surface area contributed by atoms with Gasteiger partial charge in [0.25, 0.3) is 0 Å². The molecule has 3 N–H and O–H groups in total. The number of rotatable bonds is 3. The monoisotopic (exact) mass is 226 g/mol. The van der Waals surface area contributed by atoms with Crippen LogP contribution in [0.2, 0.25) is 0 Å². The van der Waals surface area contributed by atoms with Crippen LogP contribution in [0.1, 0.15) is 32.6 Å². The largest absolute Gasteiger partial charge is 0.480 e. The van der Waals surface area contributed by atoms with Gasteiger partial charge < -0.3 is 15.7 Å². The van der Waals surface area contributed by atoms with E-state index in [0.29, 0.717) is 5.92 Å². The van der Waals surface area contributed by atoms with Crippen LogP contribution in [-0.2, 0) is 4.79 Å². The van der Waals surface area contributed by atoms with Gasteiger partial charge in [0, 0.05) is 0 Å². The van der Waals surface area contributed by atoms with E-state index in [2.05, 4.69) is 10.6 Å². The number of carboxylic acid groups (broad SMARTS) is 1. The Morgan fingerprint density at radius 3 is 2.81 bits per heavy atom. The maximum atomic E-state index is 11.1. The zero-order valence-electron chi connectivity index (χ0n) is 9.96. The van der Waals surface area contributed by atoms with Gasteiger partial charge in [-0.05, 0) is 64.1 Å². The lowest BCUT2D eigenvalue weighted by Gasteiger charge is -2.25. The van der Waals surface area contributed by atoms with Crippen LogP contribution in [0.4, 0.5) is 0 Å². The molecule has 16 heavy (non-hydrogen) atoms. The first-order valence-electron chi connectivity index (χ1n) is 6.29. The van der Waals surface area contributed by atoms with Gasteiger partial charge >= 0.3 is 5.97 Å². The zero-order valence-corrected chi connectivity index (χ0v) is 9.96. The molecular formula is C12H22N2O2. The van der Waals surface area contributed by atoms with E-state index in [0.717, 1.165) is 32.0 Å². The van der Waals surface area contributed by atoms with Crippen molar-refractivity contribution in [3.8, 4) is 0 Å². The molecule has 2 heterocycles. The molecule has 0 spiro atoms. The Morgan fingerprint density at radius 1 is 1.44 bits per heavy atom. The Bertz CT molecular complexity index is 264. The lowest BCUT2D eigenvalue weighted by atomic mass is 9.85. The molecule has 2 saturated heterocycles. The van der Waals surface area contributed by atoms with Crippen molar-refractivity contribution in [2.45, 2.75) is 38.1 Å². The minimum absolute atomic E-state index is 0.533. The number of piperidine rings is 1. The number of aliphatic carboxylic acids is 1. The van der Waals surface area contributed by atoms with Crippen molar-refractivity contribution in [1.82, 2.24) is 10.6 Å². The fraction of sp³-hybridized carbons (Fsp3) is 0.917. The van der Waals surface area contributed by atoms with E-state index >= 15 is 0 Å². The molecule has 3 atom stereocenters. The van der Waals surface area contributed by atoms with Crippen LogP contribution < -0.4 is 10.6 Å². The van der Waals surface area contributed by atoms with Crippen LogP contribution in [0.5, 0.6) is 0 Å². The van der Waals surface area contributed by atoms with E-state index < -0.39 is 11.5 Å². The molecule has 2 aliphatic heterocycles. The van der Waals surface area contributed by atoms with Gasteiger partial charge in [-0.25, -0.2) is 0 Å². The second-order valence-electron chi connectivity index (χ2n) is 5.54. The quantitative estimate of drug-likeness (QED) is 0.667. The molecule has 4 nitrogen and oxygen atoms in total. The molecule has 0 aromatic carbocycles. The lowest BCUT2D eigenvalue weighted by Crippen LogP contribution is -2.44. The molecule has 0 aliphatic carbocycles. The Kier molecular flexibility index (Phi) is 3.50. The third-order valence-electron chi connectivity index (χ3n) is 4.02. The predicted octanol–water partition coefficient (Wildman–Crippen LogP) is 0.829. The molecule has 0 aromatic heterocycles. The molecule has 2 fully saturated rings. The van der Waals surface area contributed by atoms with Crippen LogP contribution in [0, 0.1) is 11.8 Å². The standard InChI is InChI=1S/C12H22N2O2/c1-12(11(15)16)6-10(8-14-12)5-9-3-2-4-13-7-9/h9-10,13-14H,2-8H2,1H3,(H,15,16). The van der Waals surface area contributed by atoms with Crippen LogP contribution >= 0.6 is 0 Å². The summed E-state index contributed by atoms with van der Waals surface area (Å²) in [6.07, 6.45) is 4.51. The van der Waals surface area contributed by atoms with Gasteiger partial charge in [-0.1, -0.05) is 0 Å². The summed E-state index contributed by atoms with van der Waals surface area (Å²) in [6.45, 7) is 4.92. The summed E-state index contributed by atoms with van der Waals surface area (Å²) < 4.78 is 0. The predicted molar refractivity (Wildman–Crippen MR) is 62.4 cm³/mol. The summed E-state index contributed by atoms with van der Waals surface area (Å²) in [5, 5.41) is 15.7. The second-order valence-corrected chi connectivity index (χ2v) is 5.54. The number of nitrogens with one attached hydrogen (secondary N) is 2. The molecule has 2 aliphatic rings. The fourth-order valence-corrected chi connectivity index (χ4v) is 3.02. The second kappa shape index (κ2) is 4.72. The third kappa shape index (κ3) is 2.55. The molecule has 3 unspecified atom stereocenters. The number of carbonyl (C=O) groups is 1. The zero-order chi connectivity index (χ0) is 11.6. The minimum Gasteiger partial charge on any atom is -0.480 e. The molecule has 92 valence electrons. The Hall–Kier alpha value is -0.610. The Labute approximate surface area is 96.8 Å². The van der Waals surface area contributed by atoms with Crippen LogP contribution in [0.25, 0.3) is 0 Å². The Balaban J connectivity index is 1.82. The molecule has 2 rings (SSSR count). The highest BCUT2D eigenvalue weighted by Crippen LogP contribution is 2.30. The molecule has 0 amide bonds. The first-order chi connectivity index (χ1) is 7.60. The highest BCUT2D eigenvalue weighted by Gasteiger charge is 2.41. The van der Waals surface area contributed by atoms with Crippen molar-refractivity contribution < 1.29 is 9.90 Å². The van der Waals surface area contributed by atoms with Gasteiger partial charge in [-0.15, -0.1) is 0 Å². The van der Waals surface area contributed by atoms with Gasteiger partial charge in [-0.2, -0.15) is 0 Å². The van der Waals surface area contributed by atoms with Crippen molar-refractivity contribution in [2.75, 3.05) is 19.6 Å². The highest BCUT2D eigenvalue weighted by molar-refractivity contribution is 5.78. The molecule has 0 saturated carbocycles. The van der Waals surface area contributed by atoms with Crippen LogP contribution in [0.3, 0.4) is 0 Å². The van der Waals surface area contributed by atoms with E-state index in [1.165, 1.54) is 19.3 Å². The van der Waals surface area contributed by atoms with E-state index in [-0.39, 0.29) is 0 Å². The van der Waals surface area contributed by atoms with E-state index in [1.54, 1.807) is 6.92 Å². The lowest BCUT2D eigenvalue weighted by molar-refractivity contribution is -0.143. The Morgan fingerprint density at radius 2 is 2.25 bits per heavy atom. The summed E-state index contributed by atoms with van der Waals surface area (Å²) in [5.41, 5.74) is -0.688. The van der Waals surface area contributed by atoms with Crippen molar-refractivity contribution in [1.29, 1.82) is 0 Å². The topological polar surface area (TPSA) is 61.4 Å². The van der Waals surface area contributed by atoms with E-state index in [4.69, 9.17) is 5.11 Å². The average Bonchev–Trinajstić information content (AvgIpc) is 2.63. The van der Waals surface area contributed by atoms with Crippen molar-refractivity contribution in [2.24, 2.45) is 11.8 Å². The fourth-order valence-electron chi connectivity index (χ4n) is 3.02. The number of carboxylic acids is 1. The molecular weight excluding hydrogens is 204 g/mol. The smallest absolute Gasteiger partial charge is 0.323 e. The first kappa shape index (κ1) is 11.9. The molecule has 0 bridgehead atoms.